The Morgan fingerprint density at radius 3 is 0.693 bits per heavy atom. The average molecular weight is 1060 g/mol. The number of unbranched alkanes of at least 4 members (excludes halogenated alkanes) is 48. The molecule has 0 aromatic carbocycles. The zero-order valence-corrected chi connectivity index (χ0v) is 50.8. The lowest BCUT2D eigenvalue weighted by Gasteiger charge is -2.18. The SMILES string of the molecule is CCCCC/C=C\CCCCCCCC(=O)OC(COC(=O)CCCCCCCCCCCC)COC(=O)CCCCCCCCCCCCCCCCCCCCCCCCC/C=C\CCCCCCCCCC. The first-order valence-electron chi connectivity index (χ1n) is 33.8. The van der Waals surface area contributed by atoms with Crippen LogP contribution in [0.5, 0.6) is 0 Å². The van der Waals surface area contributed by atoms with Crippen LogP contribution in [-0.2, 0) is 28.6 Å². The fourth-order valence-electron chi connectivity index (χ4n) is 10.3. The van der Waals surface area contributed by atoms with Crippen molar-refractivity contribution in [3.8, 4) is 0 Å². The molecule has 0 radical (unpaired) electrons. The van der Waals surface area contributed by atoms with Crippen LogP contribution in [0, 0.1) is 0 Å². The van der Waals surface area contributed by atoms with Gasteiger partial charge < -0.3 is 14.2 Å². The third kappa shape index (κ3) is 62.6. The number of ether oxygens (including phenoxy) is 3. The van der Waals surface area contributed by atoms with Gasteiger partial charge >= 0.3 is 17.9 Å². The highest BCUT2D eigenvalue weighted by atomic mass is 16.6. The van der Waals surface area contributed by atoms with E-state index in [1.165, 1.54) is 276 Å². The fraction of sp³-hybridized carbons (Fsp3) is 0.899. The van der Waals surface area contributed by atoms with Crippen molar-refractivity contribution in [2.45, 2.75) is 386 Å². The molecule has 6 nitrogen and oxygen atoms in total. The maximum atomic E-state index is 12.8. The van der Waals surface area contributed by atoms with Gasteiger partial charge in [0.2, 0.25) is 0 Å². The van der Waals surface area contributed by atoms with Gasteiger partial charge in [-0.25, -0.2) is 0 Å². The second-order valence-corrected chi connectivity index (χ2v) is 23.1. The van der Waals surface area contributed by atoms with Crippen LogP contribution in [0.1, 0.15) is 380 Å². The Hall–Kier alpha value is -2.11. The molecule has 0 rings (SSSR count). The number of carbonyl (C=O) groups is 3. The zero-order chi connectivity index (χ0) is 54.3. The Morgan fingerprint density at radius 2 is 0.440 bits per heavy atom. The van der Waals surface area contributed by atoms with E-state index < -0.39 is 6.10 Å². The lowest BCUT2D eigenvalue weighted by atomic mass is 10.0. The summed E-state index contributed by atoms with van der Waals surface area (Å²) in [6.45, 7) is 6.65. The predicted molar refractivity (Wildman–Crippen MR) is 326 cm³/mol. The van der Waals surface area contributed by atoms with Crippen molar-refractivity contribution < 1.29 is 28.6 Å². The smallest absolute Gasteiger partial charge is 0.306 e. The minimum absolute atomic E-state index is 0.0689. The molecular weight excluding hydrogens is 925 g/mol. The summed E-state index contributed by atoms with van der Waals surface area (Å²) in [7, 11) is 0. The largest absolute Gasteiger partial charge is 0.462 e. The lowest BCUT2D eigenvalue weighted by molar-refractivity contribution is -0.167. The molecule has 0 heterocycles. The molecule has 0 spiro atoms. The standard InChI is InChI=1S/C69H130O6/c1-4-7-10-13-16-19-22-24-25-26-27-28-29-30-31-32-33-34-35-36-37-38-39-40-41-42-43-44-45-46-48-50-53-56-59-62-68(71)74-65-66(64-73-67(70)61-58-55-52-49-21-18-15-12-9-6-3)75-69(72)63-60-57-54-51-47-23-20-17-14-11-8-5-2/h17,20,26-27,66H,4-16,18-19,21-25,28-65H2,1-3H3/b20-17-,27-26-. The Labute approximate surface area is 468 Å². The van der Waals surface area contributed by atoms with Gasteiger partial charge in [0.05, 0.1) is 0 Å². The minimum Gasteiger partial charge on any atom is -0.462 e. The van der Waals surface area contributed by atoms with E-state index in [4.69, 9.17) is 14.2 Å². The molecule has 0 N–H and O–H groups in total. The summed E-state index contributed by atoms with van der Waals surface area (Å²) in [6.07, 6.45) is 78.1. The molecule has 6 heteroatoms. The fourth-order valence-corrected chi connectivity index (χ4v) is 10.3. The van der Waals surface area contributed by atoms with Gasteiger partial charge in [-0.05, 0) is 70.6 Å². The third-order valence-electron chi connectivity index (χ3n) is 15.4. The molecule has 0 saturated carbocycles. The second-order valence-electron chi connectivity index (χ2n) is 23.1. The Bertz CT molecular complexity index is 1210. The normalized spacial score (nSPS) is 12.1. The van der Waals surface area contributed by atoms with Crippen molar-refractivity contribution in [2.75, 3.05) is 13.2 Å². The van der Waals surface area contributed by atoms with Crippen molar-refractivity contribution in [1.29, 1.82) is 0 Å². The molecule has 0 aromatic rings. The van der Waals surface area contributed by atoms with Gasteiger partial charge in [0, 0.05) is 19.3 Å². The number of esters is 3. The summed E-state index contributed by atoms with van der Waals surface area (Å²) < 4.78 is 16.9. The Kier molecular flexibility index (Phi) is 62.6. The topological polar surface area (TPSA) is 78.9 Å². The van der Waals surface area contributed by atoms with Gasteiger partial charge in [-0.2, -0.15) is 0 Å². The van der Waals surface area contributed by atoms with Crippen LogP contribution in [0.25, 0.3) is 0 Å². The Morgan fingerprint density at radius 1 is 0.253 bits per heavy atom. The monoisotopic (exact) mass is 1050 g/mol. The van der Waals surface area contributed by atoms with Crippen molar-refractivity contribution in [3.05, 3.63) is 24.3 Å². The number of hydrogen-bond acceptors (Lipinski definition) is 6. The summed E-state index contributed by atoms with van der Waals surface area (Å²) in [5.41, 5.74) is 0. The van der Waals surface area contributed by atoms with Gasteiger partial charge in [0.15, 0.2) is 6.10 Å². The van der Waals surface area contributed by atoms with E-state index in [0.29, 0.717) is 19.3 Å². The average Bonchev–Trinajstić information content (AvgIpc) is 3.41. The summed E-state index contributed by atoms with van der Waals surface area (Å²) in [5.74, 6) is -0.857. The van der Waals surface area contributed by atoms with Crippen molar-refractivity contribution >= 4 is 17.9 Å². The molecule has 0 fully saturated rings. The molecule has 1 atom stereocenters. The lowest BCUT2D eigenvalue weighted by Crippen LogP contribution is -2.30. The predicted octanol–water partition coefficient (Wildman–Crippen LogP) is 23.0. The minimum atomic E-state index is -0.769. The molecular formula is C69H130O6. The third-order valence-corrected chi connectivity index (χ3v) is 15.4. The highest BCUT2D eigenvalue weighted by molar-refractivity contribution is 5.71. The van der Waals surface area contributed by atoms with Gasteiger partial charge in [0.25, 0.3) is 0 Å². The zero-order valence-electron chi connectivity index (χ0n) is 50.8. The molecule has 0 amide bonds. The van der Waals surface area contributed by atoms with Crippen LogP contribution >= 0.6 is 0 Å². The summed E-state index contributed by atoms with van der Waals surface area (Å²) in [5, 5.41) is 0. The van der Waals surface area contributed by atoms with E-state index in [1.54, 1.807) is 0 Å². The highest BCUT2D eigenvalue weighted by Crippen LogP contribution is 2.18. The molecule has 0 bridgehead atoms. The van der Waals surface area contributed by atoms with Crippen molar-refractivity contribution in [3.63, 3.8) is 0 Å². The molecule has 0 saturated heterocycles. The number of rotatable bonds is 63. The first-order valence-corrected chi connectivity index (χ1v) is 33.8. The van der Waals surface area contributed by atoms with Crippen LogP contribution in [0.2, 0.25) is 0 Å². The maximum absolute atomic E-state index is 12.8. The molecule has 1 unspecified atom stereocenters. The van der Waals surface area contributed by atoms with Crippen molar-refractivity contribution in [2.24, 2.45) is 0 Å². The van der Waals surface area contributed by atoms with E-state index in [2.05, 4.69) is 45.1 Å². The van der Waals surface area contributed by atoms with Crippen LogP contribution in [-0.4, -0.2) is 37.2 Å². The maximum Gasteiger partial charge on any atom is 0.306 e. The van der Waals surface area contributed by atoms with Crippen LogP contribution in [0.15, 0.2) is 24.3 Å². The number of allylic oxidation sites excluding steroid dienone is 4. The van der Waals surface area contributed by atoms with Crippen LogP contribution < -0.4 is 0 Å². The highest BCUT2D eigenvalue weighted by Gasteiger charge is 2.19. The van der Waals surface area contributed by atoms with Crippen LogP contribution in [0.3, 0.4) is 0 Å². The van der Waals surface area contributed by atoms with Crippen molar-refractivity contribution in [1.82, 2.24) is 0 Å². The molecule has 0 aliphatic heterocycles. The molecule has 0 aliphatic rings. The summed E-state index contributed by atoms with van der Waals surface area (Å²) >= 11 is 0. The number of carbonyl (C=O) groups excluding carboxylic acids is 3. The molecule has 0 aromatic heterocycles. The van der Waals surface area contributed by atoms with E-state index in [0.717, 1.165) is 64.2 Å². The molecule has 75 heavy (non-hydrogen) atoms. The van der Waals surface area contributed by atoms with Gasteiger partial charge in [-0.15, -0.1) is 0 Å². The van der Waals surface area contributed by atoms with Gasteiger partial charge in [-0.3, -0.25) is 14.4 Å². The van der Waals surface area contributed by atoms with Crippen LogP contribution in [0.4, 0.5) is 0 Å². The van der Waals surface area contributed by atoms with Gasteiger partial charge in [0.1, 0.15) is 13.2 Å². The van der Waals surface area contributed by atoms with E-state index >= 15 is 0 Å². The molecule has 0 aliphatic carbocycles. The number of hydrogen-bond donors (Lipinski definition) is 0. The van der Waals surface area contributed by atoms with E-state index in [1.807, 2.05) is 0 Å². The second kappa shape index (κ2) is 64.4. The van der Waals surface area contributed by atoms with E-state index in [9.17, 15) is 14.4 Å². The molecule has 442 valence electrons. The van der Waals surface area contributed by atoms with E-state index in [-0.39, 0.29) is 31.1 Å². The first kappa shape index (κ1) is 72.9. The van der Waals surface area contributed by atoms with Gasteiger partial charge in [-0.1, -0.05) is 315 Å². The summed E-state index contributed by atoms with van der Waals surface area (Å²) in [6, 6.07) is 0. The summed E-state index contributed by atoms with van der Waals surface area (Å²) in [4.78, 5) is 38.1. The Balaban J connectivity index is 3.93. The first-order chi connectivity index (χ1) is 37.0. The quantitative estimate of drug-likeness (QED) is 0.0261.